The van der Waals surface area contributed by atoms with E-state index in [1.165, 1.54) is 0 Å². The van der Waals surface area contributed by atoms with E-state index >= 15 is 0 Å². The molecule has 0 aromatic carbocycles. The van der Waals surface area contributed by atoms with Gasteiger partial charge in [-0.05, 0) is 0 Å². The largest absolute Gasteiger partial charge is 0.456 e. The summed E-state index contributed by atoms with van der Waals surface area (Å²) < 4.78 is 247. The van der Waals surface area contributed by atoms with Crippen LogP contribution in [-0.4, -0.2) is 86.7 Å². The standard InChI is InChI=1S/C6H5F7O6S2.C5H4F6O5S2/c7-4(2-20(12,15)16,3-21(13,17)18)19-5(8,1-14)6(9,10)11;6-3(7)4(8)16-5(9,1-17(10,12)13)2-18(11,14)15/h1H,2-3H2;1-2H2. The average molecular weight is 692 g/mol. The zero-order valence-electron chi connectivity index (χ0n) is 17.4. The molecule has 0 spiro atoms. The number of hydrogen-bond donors (Lipinski definition) is 0. The van der Waals surface area contributed by atoms with E-state index in [0.29, 0.717) is 0 Å². The van der Waals surface area contributed by atoms with Crippen molar-refractivity contribution < 1.29 is 103 Å². The number of alkyl halides is 6. The third-order valence-corrected chi connectivity index (χ3v) is 5.95. The fourth-order valence-electron chi connectivity index (χ4n) is 1.85. The van der Waals surface area contributed by atoms with Crippen LogP contribution in [0.3, 0.4) is 0 Å². The monoisotopic (exact) mass is 692 g/mol. The van der Waals surface area contributed by atoms with Gasteiger partial charge in [-0.1, -0.05) is 0 Å². The summed E-state index contributed by atoms with van der Waals surface area (Å²) in [5, 5.41) is 0. The fraction of sp³-hybridized carbons (Fsp3) is 0.727. The molecule has 11 nitrogen and oxygen atoms in total. The highest BCUT2D eigenvalue weighted by Crippen LogP contribution is 2.38. The summed E-state index contributed by atoms with van der Waals surface area (Å²) in [7, 11) is -23.7. The van der Waals surface area contributed by atoms with E-state index < -0.39 is 106 Å². The van der Waals surface area contributed by atoms with Crippen molar-refractivity contribution in [2.24, 2.45) is 0 Å². The summed E-state index contributed by atoms with van der Waals surface area (Å²) in [6.45, 7) is 0. The van der Waals surface area contributed by atoms with E-state index in [-0.39, 0.29) is 0 Å². The molecule has 0 aliphatic heterocycles. The number of rotatable bonds is 13. The van der Waals surface area contributed by atoms with Crippen LogP contribution < -0.4 is 0 Å². The Hall–Kier alpha value is -1.94. The molecule has 0 aromatic heterocycles. The van der Waals surface area contributed by atoms with Crippen molar-refractivity contribution in [3.8, 4) is 0 Å². The van der Waals surface area contributed by atoms with E-state index in [9.17, 15) is 93.5 Å². The molecular weight excluding hydrogens is 683 g/mol. The maximum Gasteiger partial charge on any atom is 0.456 e. The first-order valence-electron chi connectivity index (χ1n) is 8.06. The second-order valence-electron chi connectivity index (χ2n) is 6.50. The Bertz CT molecular complexity index is 1270. The van der Waals surface area contributed by atoms with Crippen LogP contribution in [0.1, 0.15) is 0 Å². The minimum atomic E-state index is -6.27. The van der Waals surface area contributed by atoms with E-state index in [4.69, 9.17) is 0 Å². The van der Waals surface area contributed by atoms with Crippen molar-refractivity contribution in [3.63, 3.8) is 0 Å². The zero-order valence-corrected chi connectivity index (χ0v) is 20.7. The highest BCUT2D eigenvalue weighted by Gasteiger charge is 2.63. The van der Waals surface area contributed by atoms with E-state index in [1.54, 1.807) is 0 Å². The van der Waals surface area contributed by atoms with Crippen LogP contribution in [0.2, 0.25) is 0 Å². The predicted molar refractivity (Wildman–Crippen MR) is 95.7 cm³/mol. The second-order valence-corrected chi connectivity index (χ2v) is 12.0. The maximum absolute atomic E-state index is 13.6. The molecule has 234 valence electrons. The molecule has 0 aliphatic carbocycles. The van der Waals surface area contributed by atoms with Crippen LogP contribution in [0.15, 0.2) is 12.1 Å². The van der Waals surface area contributed by atoms with Crippen molar-refractivity contribution in [1.29, 1.82) is 0 Å². The lowest BCUT2D eigenvalue weighted by atomic mass is 10.3. The Morgan fingerprint density at radius 3 is 1.08 bits per heavy atom. The average Bonchev–Trinajstić information content (AvgIpc) is 2.53. The van der Waals surface area contributed by atoms with Gasteiger partial charge in [-0.2, -0.15) is 68.8 Å². The fourth-order valence-corrected chi connectivity index (χ4v) is 4.81. The Morgan fingerprint density at radius 2 is 0.872 bits per heavy atom. The van der Waals surface area contributed by atoms with Crippen molar-refractivity contribution in [2.75, 3.05) is 23.0 Å². The van der Waals surface area contributed by atoms with Crippen LogP contribution in [-0.2, 0) is 55.2 Å². The quantitative estimate of drug-likeness (QED) is 0.120. The number of carbonyl (C=O) groups is 1. The minimum absolute atomic E-state index is 1.68. The lowest BCUT2D eigenvalue weighted by Gasteiger charge is -2.30. The molecule has 0 bridgehead atoms. The summed E-state index contributed by atoms with van der Waals surface area (Å²) >= 11 is 0. The van der Waals surface area contributed by atoms with E-state index in [1.807, 2.05) is 0 Å². The van der Waals surface area contributed by atoms with Gasteiger partial charge in [0.1, 0.15) is 11.5 Å². The molecule has 0 radical (unpaired) electrons. The number of halogens is 13. The molecule has 0 aliphatic rings. The van der Waals surface area contributed by atoms with Crippen LogP contribution in [0.4, 0.5) is 55.1 Å². The summed E-state index contributed by atoms with van der Waals surface area (Å²) in [6, 6.07) is -3.00. The number of ether oxygens (including phenoxy) is 2. The van der Waals surface area contributed by atoms with Crippen molar-refractivity contribution in [1.82, 2.24) is 0 Å². The van der Waals surface area contributed by atoms with Gasteiger partial charge in [0.2, 0.25) is 5.85 Å². The summed E-state index contributed by atoms with van der Waals surface area (Å²) in [5.41, 5.74) is 0. The highest BCUT2D eigenvalue weighted by atomic mass is 32.3. The number of aldehydes is 1. The van der Waals surface area contributed by atoms with Gasteiger partial charge < -0.3 is 4.74 Å². The molecule has 0 amide bonds. The van der Waals surface area contributed by atoms with Crippen molar-refractivity contribution >= 4 is 47.2 Å². The third-order valence-electron chi connectivity index (χ3n) is 2.84. The van der Waals surface area contributed by atoms with Crippen LogP contribution in [0, 0.1) is 0 Å². The van der Waals surface area contributed by atoms with Gasteiger partial charge in [0, 0.05) is 0 Å². The summed E-state index contributed by atoms with van der Waals surface area (Å²) in [4.78, 5) is 10.0. The van der Waals surface area contributed by atoms with Gasteiger partial charge >= 0.3 is 65.0 Å². The topological polar surface area (TPSA) is 172 Å². The number of hydrogen-bond acceptors (Lipinski definition) is 11. The second kappa shape index (κ2) is 12.7. The first kappa shape index (κ1) is 39.2. The van der Waals surface area contributed by atoms with Crippen LogP contribution in [0.25, 0.3) is 0 Å². The lowest BCUT2D eigenvalue weighted by molar-refractivity contribution is -0.351. The van der Waals surface area contributed by atoms with E-state index in [0.717, 1.165) is 0 Å². The van der Waals surface area contributed by atoms with Gasteiger partial charge in [-0.15, -0.1) is 15.5 Å². The molecule has 0 rings (SSSR count). The molecule has 1 atom stereocenters. The minimum Gasteiger partial charge on any atom is -0.427 e. The van der Waals surface area contributed by atoms with Crippen molar-refractivity contribution in [3.05, 3.63) is 12.1 Å². The maximum atomic E-state index is 13.6. The highest BCUT2D eigenvalue weighted by molar-refractivity contribution is 7.87. The van der Waals surface area contributed by atoms with Crippen molar-refractivity contribution in [2.45, 2.75) is 23.7 Å². The normalized spacial score (nSPS) is 15.4. The smallest absolute Gasteiger partial charge is 0.427 e. The molecule has 0 heterocycles. The molecule has 0 N–H and O–H groups in total. The zero-order chi connectivity index (χ0) is 32.1. The van der Waals surface area contributed by atoms with Gasteiger partial charge in [0.15, 0.2) is 17.8 Å². The Kier molecular flexibility index (Phi) is 12.8. The predicted octanol–water partition coefficient (Wildman–Crippen LogP) is 2.00. The van der Waals surface area contributed by atoms with Gasteiger partial charge in [0.25, 0.3) is 5.85 Å². The molecule has 0 fully saturated rings. The summed E-state index contributed by atoms with van der Waals surface area (Å²) in [6.07, 6.45) is -11.2. The number of carbonyl (C=O) groups excluding carboxylic acids is 1. The molecule has 28 heteroatoms. The first-order valence-corrected chi connectivity index (χ1v) is 14.3. The Morgan fingerprint density at radius 1 is 0.590 bits per heavy atom. The Balaban J connectivity index is 0. The lowest BCUT2D eigenvalue weighted by Crippen LogP contribution is -2.54. The molecular formula is C11H9F13O11S4. The van der Waals surface area contributed by atoms with Gasteiger partial charge in [-0.3, -0.25) is 9.53 Å². The van der Waals surface area contributed by atoms with Gasteiger partial charge in [-0.25, -0.2) is 4.39 Å². The summed E-state index contributed by atoms with van der Waals surface area (Å²) in [5.74, 6) is -25.3. The Labute approximate surface area is 209 Å². The molecule has 0 aromatic rings. The third kappa shape index (κ3) is 17.4. The molecule has 39 heavy (non-hydrogen) atoms. The van der Waals surface area contributed by atoms with Crippen LogP contribution >= 0.6 is 0 Å². The first-order chi connectivity index (χ1) is 16.7. The van der Waals surface area contributed by atoms with Crippen LogP contribution in [0.5, 0.6) is 0 Å². The SMILES string of the molecule is O=CC(F)(OC(F)(CS(=O)(=O)F)CS(=O)(=O)F)C(F)(F)F.O=S(=O)(F)CC(F)(CS(=O)(=O)F)OC(F)=C(F)F. The molecule has 0 saturated carbocycles. The van der Waals surface area contributed by atoms with Gasteiger partial charge in [0.05, 0.1) is 0 Å². The molecule has 0 saturated heterocycles. The molecule has 1 unspecified atom stereocenters. The van der Waals surface area contributed by atoms with E-state index in [2.05, 4.69) is 9.47 Å².